The van der Waals surface area contributed by atoms with Gasteiger partial charge in [0.1, 0.15) is 5.75 Å². The van der Waals surface area contributed by atoms with E-state index in [-0.39, 0.29) is 12.4 Å². The summed E-state index contributed by atoms with van der Waals surface area (Å²) in [5.41, 5.74) is 3.56. The number of aromatic hydroxyl groups is 1. The lowest BCUT2D eigenvalue weighted by molar-refractivity contribution is -0.123. The first-order valence-electron chi connectivity index (χ1n) is 7.67. The molecule has 0 aromatic heterocycles. The molecule has 7 heteroatoms. The molecule has 0 aliphatic heterocycles. The Morgan fingerprint density at radius 1 is 1.28 bits per heavy atom. The lowest BCUT2D eigenvalue weighted by Gasteiger charge is -2.10. The Balaban J connectivity index is 1.91. The van der Waals surface area contributed by atoms with Crippen LogP contribution < -0.4 is 14.9 Å². The normalized spacial score (nSPS) is 10.7. The van der Waals surface area contributed by atoms with E-state index in [1.54, 1.807) is 37.3 Å². The van der Waals surface area contributed by atoms with Crippen LogP contribution in [0.5, 0.6) is 17.2 Å². The summed E-state index contributed by atoms with van der Waals surface area (Å²) < 4.78 is 11.7. The molecule has 0 aliphatic carbocycles. The number of phenols is 1. The predicted molar refractivity (Wildman–Crippen MR) is 99.4 cm³/mol. The Labute approximate surface area is 154 Å². The zero-order chi connectivity index (χ0) is 18.2. The predicted octanol–water partition coefficient (Wildman–Crippen LogP) is 3.39. The number of ether oxygens (including phenoxy) is 2. The maximum absolute atomic E-state index is 11.8. The van der Waals surface area contributed by atoms with Crippen LogP contribution in [0.4, 0.5) is 0 Å². The molecule has 2 aromatic carbocycles. The number of benzene rings is 2. The molecule has 25 heavy (non-hydrogen) atoms. The first-order chi connectivity index (χ1) is 12.0. The van der Waals surface area contributed by atoms with Gasteiger partial charge in [-0.1, -0.05) is 28.1 Å². The van der Waals surface area contributed by atoms with Crippen LogP contribution in [0, 0.1) is 6.92 Å². The van der Waals surface area contributed by atoms with E-state index in [4.69, 9.17) is 9.47 Å². The van der Waals surface area contributed by atoms with Gasteiger partial charge in [0, 0.05) is 10.0 Å². The van der Waals surface area contributed by atoms with Gasteiger partial charge in [0.25, 0.3) is 5.91 Å². The van der Waals surface area contributed by atoms with E-state index in [2.05, 4.69) is 26.5 Å². The summed E-state index contributed by atoms with van der Waals surface area (Å²) in [5.74, 6) is 0.761. The second kappa shape index (κ2) is 9.08. The number of nitrogens with zero attached hydrogens (tertiary/aromatic N) is 1. The number of hydrogen-bond acceptors (Lipinski definition) is 5. The van der Waals surface area contributed by atoms with E-state index in [0.29, 0.717) is 29.2 Å². The van der Waals surface area contributed by atoms with Gasteiger partial charge in [-0.05, 0) is 43.7 Å². The van der Waals surface area contributed by atoms with Crippen molar-refractivity contribution in [3.8, 4) is 17.2 Å². The Kier molecular flexibility index (Phi) is 6.82. The van der Waals surface area contributed by atoms with Gasteiger partial charge >= 0.3 is 0 Å². The smallest absolute Gasteiger partial charge is 0.277 e. The maximum atomic E-state index is 11.8. The van der Waals surface area contributed by atoms with E-state index in [9.17, 15) is 9.90 Å². The molecule has 2 rings (SSSR count). The Hall–Kier alpha value is -2.54. The number of rotatable bonds is 7. The fourth-order valence-corrected chi connectivity index (χ4v) is 2.64. The monoisotopic (exact) mass is 406 g/mol. The zero-order valence-electron chi connectivity index (χ0n) is 14.0. The summed E-state index contributed by atoms with van der Waals surface area (Å²) in [5, 5.41) is 13.8. The number of nitrogens with one attached hydrogen (secondary N) is 1. The molecular formula is C18H19BrN2O4. The second-order valence-electron chi connectivity index (χ2n) is 5.12. The molecule has 0 radical (unpaired) electrons. The Morgan fingerprint density at radius 3 is 2.64 bits per heavy atom. The van der Waals surface area contributed by atoms with E-state index in [0.717, 1.165) is 4.47 Å². The van der Waals surface area contributed by atoms with E-state index < -0.39 is 5.91 Å². The fourth-order valence-electron chi connectivity index (χ4n) is 2.05. The molecule has 0 bridgehead atoms. The second-order valence-corrected chi connectivity index (χ2v) is 6.04. The molecule has 0 heterocycles. The highest BCUT2D eigenvalue weighted by Gasteiger charge is 2.07. The first-order valence-corrected chi connectivity index (χ1v) is 8.46. The molecule has 2 aromatic rings. The minimum absolute atomic E-state index is 0.114. The number of carbonyl (C=O) groups is 1. The van der Waals surface area contributed by atoms with Gasteiger partial charge in [0.05, 0.1) is 12.8 Å². The van der Waals surface area contributed by atoms with Crippen LogP contribution in [-0.2, 0) is 4.79 Å². The van der Waals surface area contributed by atoms with Crippen molar-refractivity contribution in [3.63, 3.8) is 0 Å². The van der Waals surface area contributed by atoms with Gasteiger partial charge in [-0.2, -0.15) is 5.10 Å². The van der Waals surface area contributed by atoms with Gasteiger partial charge in [0.15, 0.2) is 18.1 Å². The van der Waals surface area contributed by atoms with Crippen LogP contribution >= 0.6 is 15.9 Å². The highest BCUT2D eigenvalue weighted by Crippen LogP contribution is 2.26. The fraction of sp³-hybridized carbons (Fsp3) is 0.222. The molecule has 6 nitrogen and oxygen atoms in total. The number of hydrazone groups is 1. The lowest BCUT2D eigenvalue weighted by Crippen LogP contribution is -2.24. The van der Waals surface area contributed by atoms with Crippen molar-refractivity contribution in [1.29, 1.82) is 0 Å². The molecule has 0 unspecified atom stereocenters. The molecule has 0 fully saturated rings. The molecule has 0 aliphatic rings. The van der Waals surface area contributed by atoms with Crippen LogP contribution in [0.1, 0.15) is 18.1 Å². The van der Waals surface area contributed by atoms with Crippen molar-refractivity contribution in [3.05, 3.63) is 52.0 Å². The molecule has 2 N–H and O–H groups in total. The van der Waals surface area contributed by atoms with Crippen LogP contribution in [0.25, 0.3) is 0 Å². The number of phenolic OH excluding ortho intramolecular Hbond substituents is 1. The van der Waals surface area contributed by atoms with Gasteiger partial charge in [0.2, 0.25) is 0 Å². The van der Waals surface area contributed by atoms with Crippen molar-refractivity contribution < 1.29 is 19.4 Å². The first kappa shape index (κ1) is 18.8. The molecular weight excluding hydrogens is 388 g/mol. The van der Waals surface area contributed by atoms with Gasteiger partial charge in [-0.25, -0.2) is 5.43 Å². The molecule has 0 saturated heterocycles. The number of hydrogen-bond donors (Lipinski definition) is 2. The van der Waals surface area contributed by atoms with Crippen molar-refractivity contribution in [2.75, 3.05) is 13.2 Å². The van der Waals surface area contributed by atoms with Gasteiger partial charge in [-0.15, -0.1) is 0 Å². The average molecular weight is 407 g/mol. The van der Waals surface area contributed by atoms with Crippen LogP contribution in [0.2, 0.25) is 0 Å². The largest absolute Gasteiger partial charge is 0.507 e. The quantitative estimate of drug-likeness (QED) is 0.545. The number of aryl methyl sites for hydroxylation is 1. The van der Waals surface area contributed by atoms with Crippen molar-refractivity contribution in [1.82, 2.24) is 5.43 Å². The summed E-state index contributed by atoms with van der Waals surface area (Å²) in [6.45, 7) is 3.95. The van der Waals surface area contributed by atoms with E-state index >= 15 is 0 Å². The maximum Gasteiger partial charge on any atom is 0.277 e. The summed E-state index contributed by atoms with van der Waals surface area (Å²) in [6, 6.07) is 10.6. The highest BCUT2D eigenvalue weighted by atomic mass is 79.9. The van der Waals surface area contributed by atoms with Gasteiger partial charge in [-0.3, -0.25) is 4.79 Å². The molecule has 132 valence electrons. The number of halogens is 1. The molecule has 0 atom stereocenters. The van der Waals surface area contributed by atoms with E-state index in [1.165, 1.54) is 6.21 Å². The summed E-state index contributed by atoms with van der Waals surface area (Å²) in [7, 11) is 0. The molecule has 0 spiro atoms. The van der Waals surface area contributed by atoms with Crippen LogP contribution in [0.15, 0.2) is 46.0 Å². The number of amides is 1. The van der Waals surface area contributed by atoms with Crippen LogP contribution in [-0.4, -0.2) is 30.4 Å². The topological polar surface area (TPSA) is 80.2 Å². The number of carbonyl (C=O) groups excluding carboxylic acids is 1. The van der Waals surface area contributed by atoms with E-state index in [1.807, 2.05) is 13.0 Å². The number of para-hydroxylation sites is 2. The highest BCUT2D eigenvalue weighted by molar-refractivity contribution is 9.10. The molecule has 0 saturated carbocycles. The van der Waals surface area contributed by atoms with Crippen molar-refractivity contribution in [2.45, 2.75) is 13.8 Å². The van der Waals surface area contributed by atoms with Crippen LogP contribution in [0.3, 0.4) is 0 Å². The Bertz CT molecular complexity index is 778. The minimum Gasteiger partial charge on any atom is -0.507 e. The third-order valence-electron chi connectivity index (χ3n) is 3.20. The average Bonchev–Trinajstić information content (AvgIpc) is 2.58. The summed E-state index contributed by atoms with van der Waals surface area (Å²) in [6.07, 6.45) is 1.37. The summed E-state index contributed by atoms with van der Waals surface area (Å²) in [4.78, 5) is 11.8. The third-order valence-corrected chi connectivity index (χ3v) is 3.65. The standard InChI is InChI=1S/C18H19BrN2O4/c1-3-24-15-6-4-5-7-16(15)25-11-17(22)21-20-10-13-9-14(19)8-12(2)18(13)23/h4-10,23H,3,11H2,1-2H3,(H,21,22). The van der Waals surface area contributed by atoms with Crippen molar-refractivity contribution >= 4 is 28.1 Å². The molecule has 1 amide bonds. The minimum atomic E-state index is -0.422. The zero-order valence-corrected chi connectivity index (χ0v) is 15.5. The lowest BCUT2D eigenvalue weighted by atomic mass is 10.1. The Morgan fingerprint density at radius 2 is 1.96 bits per heavy atom. The van der Waals surface area contributed by atoms with Gasteiger partial charge < -0.3 is 14.6 Å². The van der Waals surface area contributed by atoms with Crippen molar-refractivity contribution in [2.24, 2.45) is 5.10 Å². The summed E-state index contributed by atoms with van der Waals surface area (Å²) >= 11 is 3.35. The third kappa shape index (κ3) is 5.49. The SMILES string of the molecule is CCOc1ccccc1OCC(=O)NN=Cc1cc(Br)cc(C)c1O.